The van der Waals surface area contributed by atoms with Crippen LogP contribution < -0.4 is 15.0 Å². The average molecular weight is 381 g/mol. The van der Waals surface area contributed by atoms with Crippen LogP contribution in [0.5, 0.6) is 5.75 Å². The lowest BCUT2D eigenvalue weighted by atomic mass is 9.96. The number of amides is 1. The van der Waals surface area contributed by atoms with Gasteiger partial charge < -0.3 is 19.5 Å². The Morgan fingerprint density at radius 2 is 2.14 bits per heavy atom. The van der Waals surface area contributed by atoms with Gasteiger partial charge in [0.15, 0.2) is 0 Å². The van der Waals surface area contributed by atoms with Crippen LogP contribution in [0.15, 0.2) is 35.1 Å². The average Bonchev–Trinajstić information content (AvgIpc) is 3.11. The molecule has 1 saturated heterocycles. The normalized spacial score (nSPS) is 16.9. The fraction of sp³-hybridized carbons (Fsp3) is 0.400. The second-order valence-electron chi connectivity index (χ2n) is 6.88. The number of rotatable bonds is 5. The number of aryl methyl sites for hydroxylation is 1. The van der Waals surface area contributed by atoms with Crippen LogP contribution in [0, 0.1) is 12.8 Å². The van der Waals surface area contributed by atoms with Crippen molar-refractivity contribution in [3.05, 3.63) is 36.3 Å². The van der Waals surface area contributed by atoms with Gasteiger partial charge in [-0.2, -0.15) is 4.98 Å². The number of fused-ring (bicyclic) bond motifs is 1. The van der Waals surface area contributed by atoms with E-state index in [4.69, 9.17) is 9.26 Å². The molecule has 3 heterocycles. The molecule has 8 nitrogen and oxygen atoms in total. The molecule has 4 rings (SSSR count). The van der Waals surface area contributed by atoms with Crippen LogP contribution in [0.1, 0.15) is 25.5 Å². The fourth-order valence-corrected chi connectivity index (χ4v) is 3.57. The van der Waals surface area contributed by atoms with E-state index in [2.05, 4.69) is 25.3 Å². The van der Waals surface area contributed by atoms with Crippen molar-refractivity contribution < 1.29 is 14.1 Å². The maximum absolute atomic E-state index is 12.8. The molecular weight excluding hydrogens is 358 g/mol. The van der Waals surface area contributed by atoms with Crippen molar-refractivity contribution in [1.82, 2.24) is 15.1 Å². The lowest BCUT2D eigenvalue weighted by Crippen LogP contribution is -2.41. The quantitative estimate of drug-likeness (QED) is 0.725. The third kappa shape index (κ3) is 3.62. The zero-order chi connectivity index (χ0) is 19.5. The Labute approximate surface area is 162 Å². The highest BCUT2D eigenvalue weighted by Crippen LogP contribution is 2.30. The number of carbonyl (C=O) groups is 1. The third-order valence-electron chi connectivity index (χ3n) is 4.95. The van der Waals surface area contributed by atoms with Crippen LogP contribution in [0.25, 0.3) is 11.1 Å². The molecule has 0 radical (unpaired) electrons. The molecule has 1 atom stereocenters. The van der Waals surface area contributed by atoms with Gasteiger partial charge in [-0.05, 0) is 51.0 Å². The predicted octanol–water partition coefficient (Wildman–Crippen LogP) is 3.18. The van der Waals surface area contributed by atoms with E-state index < -0.39 is 0 Å². The minimum atomic E-state index is -0.120. The first-order valence-electron chi connectivity index (χ1n) is 9.51. The minimum Gasteiger partial charge on any atom is -0.494 e. The van der Waals surface area contributed by atoms with Crippen LogP contribution in [0.3, 0.4) is 0 Å². The molecule has 0 bridgehead atoms. The summed E-state index contributed by atoms with van der Waals surface area (Å²) in [6.07, 6.45) is 3.24. The first-order valence-corrected chi connectivity index (χ1v) is 9.51. The summed E-state index contributed by atoms with van der Waals surface area (Å²) in [5.74, 6) is 1.47. The van der Waals surface area contributed by atoms with E-state index in [1.807, 2.05) is 38.1 Å². The van der Waals surface area contributed by atoms with E-state index in [1.54, 1.807) is 0 Å². The summed E-state index contributed by atoms with van der Waals surface area (Å²) in [4.78, 5) is 23.5. The molecule has 28 heavy (non-hydrogen) atoms. The maximum Gasteiger partial charge on any atom is 0.263 e. The van der Waals surface area contributed by atoms with Crippen molar-refractivity contribution in [3.8, 4) is 5.75 Å². The topological polar surface area (TPSA) is 93.4 Å². The number of hydrogen-bond donors (Lipinski definition) is 1. The summed E-state index contributed by atoms with van der Waals surface area (Å²) in [7, 11) is 0. The highest BCUT2D eigenvalue weighted by Gasteiger charge is 2.28. The largest absolute Gasteiger partial charge is 0.494 e. The second kappa shape index (κ2) is 7.84. The summed E-state index contributed by atoms with van der Waals surface area (Å²) in [5.41, 5.74) is 2.00. The van der Waals surface area contributed by atoms with Gasteiger partial charge in [0.2, 0.25) is 5.91 Å². The van der Waals surface area contributed by atoms with E-state index in [-0.39, 0.29) is 11.8 Å². The van der Waals surface area contributed by atoms with Gasteiger partial charge in [-0.15, -0.1) is 0 Å². The molecule has 1 fully saturated rings. The van der Waals surface area contributed by atoms with E-state index in [9.17, 15) is 4.79 Å². The van der Waals surface area contributed by atoms with Gasteiger partial charge in [-0.1, -0.05) is 5.16 Å². The summed E-state index contributed by atoms with van der Waals surface area (Å²) in [6, 6.07) is 7.44. The molecule has 0 saturated carbocycles. The Morgan fingerprint density at radius 3 is 2.93 bits per heavy atom. The standard InChI is InChI=1S/C20H23N5O3/c1-3-27-16-8-6-15(7-9-16)23-19(26)14-5-4-10-25(11-14)18-17-13(2)24-28-20(17)22-12-21-18/h6-9,12,14H,3-5,10-11H2,1-2H3,(H,23,26)/t14-/m0/s1. The SMILES string of the molecule is CCOc1ccc(NC(=O)[C@H]2CCCN(c3ncnc4onc(C)c34)C2)cc1. The molecule has 3 aromatic rings. The number of aromatic nitrogens is 3. The van der Waals surface area contributed by atoms with Crippen LogP contribution in [0.2, 0.25) is 0 Å². The van der Waals surface area contributed by atoms with Crippen LogP contribution in [0.4, 0.5) is 11.5 Å². The van der Waals surface area contributed by atoms with Gasteiger partial charge in [0.1, 0.15) is 23.3 Å². The summed E-state index contributed by atoms with van der Waals surface area (Å²) >= 11 is 0. The van der Waals surface area contributed by atoms with Gasteiger partial charge in [-0.3, -0.25) is 4.79 Å². The van der Waals surface area contributed by atoms with Crippen molar-refractivity contribution in [2.45, 2.75) is 26.7 Å². The number of anilines is 2. The lowest BCUT2D eigenvalue weighted by Gasteiger charge is -2.33. The Bertz CT molecular complexity index is 970. The monoisotopic (exact) mass is 381 g/mol. The van der Waals surface area contributed by atoms with E-state index in [0.29, 0.717) is 18.9 Å². The van der Waals surface area contributed by atoms with Crippen molar-refractivity contribution in [2.75, 3.05) is 29.9 Å². The molecule has 0 aliphatic carbocycles. The number of hydrogen-bond acceptors (Lipinski definition) is 7. The zero-order valence-electron chi connectivity index (χ0n) is 16.0. The molecule has 1 aromatic carbocycles. The summed E-state index contributed by atoms with van der Waals surface area (Å²) < 4.78 is 10.7. The molecule has 0 spiro atoms. The number of ether oxygens (including phenoxy) is 1. The fourth-order valence-electron chi connectivity index (χ4n) is 3.57. The van der Waals surface area contributed by atoms with Gasteiger partial charge in [0.25, 0.3) is 5.71 Å². The Morgan fingerprint density at radius 1 is 1.32 bits per heavy atom. The highest BCUT2D eigenvalue weighted by atomic mass is 16.5. The van der Waals surface area contributed by atoms with Crippen molar-refractivity contribution >= 4 is 28.5 Å². The Kier molecular flexibility index (Phi) is 5.10. The Balaban J connectivity index is 1.47. The van der Waals surface area contributed by atoms with E-state index in [0.717, 1.165) is 47.7 Å². The molecule has 1 N–H and O–H groups in total. The molecule has 0 unspecified atom stereocenters. The third-order valence-corrected chi connectivity index (χ3v) is 4.95. The molecule has 1 amide bonds. The van der Waals surface area contributed by atoms with E-state index in [1.165, 1.54) is 6.33 Å². The zero-order valence-corrected chi connectivity index (χ0v) is 16.0. The predicted molar refractivity (Wildman–Crippen MR) is 106 cm³/mol. The number of benzene rings is 1. The Hall–Kier alpha value is -3.16. The van der Waals surface area contributed by atoms with Crippen LogP contribution in [-0.4, -0.2) is 40.7 Å². The van der Waals surface area contributed by atoms with Crippen molar-refractivity contribution in [2.24, 2.45) is 5.92 Å². The van der Waals surface area contributed by atoms with Crippen LogP contribution in [-0.2, 0) is 4.79 Å². The molecule has 1 aliphatic heterocycles. The van der Waals surface area contributed by atoms with Crippen molar-refractivity contribution in [3.63, 3.8) is 0 Å². The van der Waals surface area contributed by atoms with Crippen molar-refractivity contribution in [1.29, 1.82) is 0 Å². The van der Waals surface area contributed by atoms with Gasteiger partial charge >= 0.3 is 0 Å². The minimum absolute atomic E-state index is 0.0150. The first kappa shape index (κ1) is 18.2. The molecular formula is C20H23N5O3. The van der Waals surface area contributed by atoms with Gasteiger partial charge in [0.05, 0.1) is 18.2 Å². The smallest absolute Gasteiger partial charge is 0.263 e. The first-order chi connectivity index (χ1) is 13.7. The van der Waals surface area contributed by atoms with E-state index >= 15 is 0 Å². The number of nitrogens with one attached hydrogen (secondary N) is 1. The van der Waals surface area contributed by atoms with Crippen LogP contribution >= 0.6 is 0 Å². The number of piperidine rings is 1. The summed E-state index contributed by atoms with van der Waals surface area (Å²) in [5, 5.41) is 7.81. The molecule has 146 valence electrons. The summed E-state index contributed by atoms with van der Waals surface area (Å²) in [6.45, 7) is 5.87. The molecule has 2 aromatic heterocycles. The molecule has 8 heteroatoms. The number of carbonyl (C=O) groups excluding carboxylic acids is 1. The second-order valence-corrected chi connectivity index (χ2v) is 6.88. The maximum atomic E-state index is 12.8. The molecule has 1 aliphatic rings. The van der Waals surface area contributed by atoms with Gasteiger partial charge in [0, 0.05) is 18.8 Å². The lowest BCUT2D eigenvalue weighted by molar-refractivity contribution is -0.120. The highest BCUT2D eigenvalue weighted by molar-refractivity contribution is 5.93. The van der Waals surface area contributed by atoms with Gasteiger partial charge in [-0.25, -0.2) is 4.98 Å². The number of nitrogens with zero attached hydrogens (tertiary/aromatic N) is 4.